The quantitative estimate of drug-likeness (QED) is 0.441. The second-order valence-electron chi connectivity index (χ2n) is 6.48. The first kappa shape index (κ1) is 20.7. The monoisotopic (exact) mass is 414 g/mol. The minimum atomic E-state index is -0.506. The highest BCUT2D eigenvalue weighted by Gasteiger charge is 2.23. The summed E-state index contributed by atoms with van der Waals surface area (Å²) in [5.41, 5.74) is 2.41. The van der Waals surface area contributed by atoms with Crippen molar-refractivity contribution >= 4 is 40.3 Å². The summed E-state index contributed by atoms with van der Waals surface area (Å²) >= 11 is 5.23. The topological polar surface area (TPSA) is 96.7 Å². The van der Waals surface area contributed by atoms with Crippen molar-refractivity contribution in [3.8, 4) is 0 Å². The maximum Gasteiger partial charge on any atom is 0.293 e. The van der Waals surface area contributed by atoms with Crippen molar-refractivity contribution < 1.29 is 14.5 Å². The minimum absolute atomic E-state index is 0.116. The van der Waals surface area contributed by atoms with Gasteiger partial charge in [-0.25, -0.2) is 0 Å². The van der Waals surface area contributed by atoms with Gasteiger partial charge in [-0.2, -0.15) is 0 Å². The van der Waals surface area contributed by atoms with Gasteiger partial charge < -0.3 is 15.0 Å². The van der Waals surface area contributed by atoms with E-state index in [0.29, 0.717) is 32.0 Å². The van der Waals surface area contributed by atoms with Crippen molar-refractivity contribution in [2.45, 2.75) is 13.3 Å². The summed E-state index contributed by atoms with van der Waals surface area (Å²) in [5, 5.41) is 17.3. The normalized spacial score (nSPS) is 13.6. The molecule has 0 unspecified atom stereocenters. The minimum Gasteiger partial charge on any atom is -0.378 e. The third-order valence-corrected chi connectivity index (χ3v) is 4.86. The van der Waals surface area contributed by atoms with Crippen molar-refractivity contribution in [1.29, 1.82) is 0 Å². The molecule has 0 saturated carbocycles. The highest BCUT2D eigenvalue weighted by atomic mass is 32.1. The molecule has 0 aromatic heterocycles. The van der Waals surface area contributed by atoms with Crippen LogP contribution in [0, 0.1) is 10.1 Å². The highest BCUT2D eigenvalue weighted by Crippen LogP contribution is 2.30. The molecule has 29 heavy (non-hydrogen) atoms. The molecule has 2 aromatic carbocycles. The van der Waals surface area contributed by atoms with Crippen LogP contribution in [0.15, 0.2) is 42.5 Å². The van der Waals surface area contributed by atoms with E-state index in [-0.39, 0.29) is 16.4 Å². The number of para-hydroxylation sites is 1. The summed E-state index contributed by atoms with van der Waals surface area (Å²) in [5.74, 6) is -0.506. The average molecular weight is 414 g/mol. The average Bonchev–Trinajstić information content (AvgIpc) is 2.74. The van der Waals surface area contributed by atoms with Gasteiger partial charge in [0.15, 0.2) is 5.11 Å². The van der Waals surface area contributed by atoms with Gasteiger partial charge in [0.25, 0.3) is 11.6 Å². The maximum atomic E-state index is 12.6. The Labute approximate surface area is 174 Å². The second kappa shape index (κ2) is 9.44. The van der Waals surface area contributed by atoms with Gasteiger partial charge in [-0.15, -0.1) is 0 Å². The van der Waals surface area contributed by atoms with Crippen molar-refractivity contribution in [3.63, 3.8) is 0 Å². The SMILES string of the molecule is CCc1ccccc1NC(=S)NC(=O)c1ccc(N2CCOCC2)c([N+](=O)[O-])c1. The summed E-state index contributed by atoms with van der Waals surface area (Å²) in [6.45, 7) is 4.18. The number of nitro benzene ring substituents is 1. The van der Waals surface area contributed by atoms with Crippen LogP contribution < -0.4 is 15.5 Å². The Bertz CT molecular complexity index is 928. The molecule has 0 atom stereocenters. The number of ether oxygens (including phenoxy) is 1. The Hall–Kier alpha value is -3.04. The zero-order valence-electron chi connectivity index (χ0n) is 16.0. The number of thiocarbonyl (C=S) groups is 1. The van der Waals surface area contributed by atoms with Gasteiger partial charge >= 0.3 is 0 Å². The van der Waals surface area contributed by atoms with E-state index in [1.165, 1.54) is 6.07 Å². The van der Waals surface area contributed by atoms with Gasteiger partial charge in [-0.05, 0) is 42.4 Å². The number of carbonyl (C=O) groups is 1. The van der Waals surface area contributed by atoms with E-state index >= 15 is 0 Å². The molecule has 8 nitrogen and oxygen atoms in total. The summed E-state index contributed by atoms with van der Waals surface area (Å²) < 4.78 is 5.30. The zero-order valence-corrected chi connectivity index (χ0v) is 16.8. The molecule has 0 radical (unpaired) electrons. The molecule has 3 rings (SSSR count). The van der Waals surface area contributed by atoms with E-state index in [9.17, 15) is 14.9 Å². The van der Waals surface area contributed by atoms with Crippen LogP contribution in [0.25, 0.3) is 0 Å². The number of morpholine rings is 1. The van der Waals surface area contributed by atoms with Crippen LogP contribution in [0.3, 0.4) is 0 Å². The lowest BCUT2D eigenvalue weighted by Crippen LogP contribution is -2.37. The van der Waals surface area contributed by atoms with E-state index in [1.807, 2.05) is 36.1 Å². The van der Waals surface area contributed by atoms with Crippen LogP contribution in [0.5, 0.6) is 0 Å². The van der Waals surface area contributed by atoms with Gasteiger partial charge in [0.1, 0.15) is 5.69 Å². The van der Waals surface area contributed by atoms with E-state index in [0.717, 1.165) is 17.7 Å². The number of nitrogens with zero attached hydrogens (tertiary/aromatic N) is 2. The van der Waals surface area contributed by atoms with Crippen LogP contribution in [0.4, 0.5) is 17.1 Å². The number of amides is 1. The van der Waals surface area contributed by atoms with Crippen molar-refractivity contribution in [2.75, 3.05) is 36.5 Å². The fourth-order valence-corrected chi connectivity index (χ4v) is 3.36. The Morgan fingerprint density at radius 1 is 1.24 bits per heavy atom. The number of hydrogen-bond acceptors (Lipinski definition) is 6. The van der Waals surface area contributed by atoms with Crippen LogP contribution in [0.1, 0.15) is 22.8 Å². The molecule has 1 heterocycles. The molecule has 1 fully saturated rings. The molecule has 152 valence electrons. The fourth-order valence-electron chi connectivity index (χ4n) is 3.16. The van der Waals surface area contributed by atoms with E-state index in [4.69, 9.17) is 17.0 Å². The number of benzene rings is 2. The molecular weight excluding hydrogens is 392 g/mol. The molecule has 1 amide bonds. The largest absolute Gasteiger partial charge is 0.378 e. The Balaban J connectivity index is 1.74. The number of hydrogen-bond donors (Lipinski definition) is 2. The fraction of sp³-hybridized carbons (Fsp3) is 0.300. The second-order valence-corrected chi connectivity index (χ2v) is 6.89. The molecule has 0 bridgehead atoms. The number of rotatable bonds is 5. The van der Waals surface area contributed by atoms with Crippen molar-refractivity contribution in [3.05, 3.63) is 63.7 Å². The number of aryl methyl sites for hydroxylation is 1. The summed E-state index contributed by atoms with van der Waals surface area (Å²) in [4.78, 5) is 25.5. The predicted octanol–water partition coefficient (Wildman–Crippen LogP) is 3.12. The predicted molar refractivity (Wildman–Crippen MR) is 116 cm³/mol. The van der Waals surface area contributed by atoms with Crippen LogP contribution in [-0.2, 0) is 11.2 Å². The Kier molecular flexibility index (Phi) is 6.73. The van der Waals surface area contributed by atoms with Crippen molar-refractivity contribution in [1.82, 2.24) is 5.32 Å². The molecule has 0 spiro atoms. The van der Waals surface area contributed by atoms with Crippen LogP contribution in [-0.4, -0.2) is 42.2 Å². The highest BCUT2D eigenvalue weighted by molar-refractivity contribution is 7.80. The maximum absolute atomic E-state index is 12.6. The Morgan fingerprint density at radius 3 is 2.66 bits per heavy atom. The molecule has 1 aliphatic heterocycles. The van der Waals surface area contributed by atoms with Crippen LogP contribution >= 0.6 is 12.2 Å². The van der Waals surface area contributed by atoms with Gasteiger partial charge in [0.2, 0.25) is 0 Å². The number of nitrogens with one attached hydrogen (secondary N) is 2. The van der Waals surface area contributed by atoms with Gasteiger partial charge in [0.05, 0.1) is 18.1 Å². The summed E-state index contributed by atoms with van der Waals surface area (Å²) in [7, 11) is 0. The lowest BCUT2D eigenvalue weighted by Gasteiger charge is -2.28. The van der Waals surface area contributed by atoms with E-state index in [2.05, 4.69) is 10.6 Å². The molecular formula is C20H22N4O4S. The van der Waals surface area contributed by atoms with E-state index < -0.39 is 10.8 Å². The lowest BCUT2D eigenvalue weighted by molar-refractivity contribution is -0.384. The molecule has 1 saturated heterocycles. The van der Waals surface area contributed by atoms with Crippen LogP contribution in [0.2, 0.25) is 0 Å². The van der Waals surface area contributed by atoms with Crippen molar-refractivity contribution in [2.24, 2.45) is 0 Å². The lowest BCUT2D eigenvalue weighted by atomic mass is 10.1. The standard InChI is InChI=1S/C20H22N4O4S/c1-2-14-5-3-4-6-16(14)21-20(29)22-19(25)15-7-8-17(18(13-15)24(26)27)23-9-11-28-12-10-23/h3-8,13H,2,9-12H2,1H3,(H2,21,22,25,29). The number of anilines is 2. The summed E-state index contributed by atoms with van der Waals surface area (Å²) in [6.07, 6.45) is 0.814. The van der Waals surface area contributed by atoms with Gasteiger partial charge in [-0.3, -0.25) is 20.2 Å². The molecule has 2 aromatic rings. The Morgan fingerprint density at radius 2 is 1.97 bits per heavy atom. The first-order chi connectivity index (χ1) is 14.0. The van der Waals surface area contributed by atoms with E-state index in [1.54, 1.807) is 12.1 Å². The zero-order chi connectivity index (χ0) is 20.8. The van der Waals surface area contributed by atoms with Gasteiger partial charge in [-0.1, -0.05) is 25.1 Å². The molecule has 9 heteroatoms. The first-order valence-corrected chi connectivity index (χ1v) is 9.71. The third-order valence-electron chi connectivity index (χ3n) is 4.66. The molecule has 1 aliphatic rings. The smallest absolute Gasteiger partial charge is 0.293 e. The summed E-state index contributed by atoms with van der Waals surface area (Å²) in [6, 6.07) is 12.1. The molecule has 0 aliphatic carbocycles. The van der Waals surface area contributed by atoms with Gasteiger partial charge in [0, 0.05) is 30.4 Å². The number of carbonyl (C=O) groups excluding carboxylic acids is 1. The number of nitro groups is 1. The molecule has 2 N–H and O–H groups in total. The first-order valence-electron chi connectivity index (χ1n) is 9.31. The third kappa shape index (κ3) is 5.07.